The minimum Gasteiger partial charge on any atom is -0.311 e. The number of aromatic nitrogens is 5. The third-order valence-corrected chi connectivity index (χ3v) is 16.2. The fourth-order valence-electron chi connectivity index (χ4n) is 13.0. The second-order valence-electron chi connectivity index (χ2n) is 24.0. The molecule has 0 bridgehead atoms. The van der Waals surface area contributed by atoms with Crippen LogP contribution in [-0.4, -0.2) is 37.1 Å². The van der Waals surface area contributed by atoms with Crippen LogP contribution in [0.15, 0.2) is 152 Å². The molecule has 0 radical (unpaired) electrons. The van der Waals surface area contributed by atoms with Crippen molar-refractivity contribution in [2.24, 2.45) is 0 Å². The van der Waals surface area contributed by atoms with E-state index in [-0.39, 0.29) is 29.7 Å². The van der Waals surface area contributed by atoms with Crippen LogP contribution in [0, 0.1) is 13.8 Å². The molecule has 0 atom stereocenters. The summed E-state index contributed by atoms with van der Waals surface area (Å²) >= 11 is 0. The van der Waals surface area contributed by atoms with Gasteiger partial charge in [-0.05, 0) is 135 Å². The Kier molecular flexibility index (Phi) is 9.98. The van der Waals surface area contributed by atoms with Crippen molar-refractivity contribution in [1.82, 2.24) is 23.7 Å². The zero-order valence-corrected chi connectivity index (χ0v) is 45.3. The monoisotopic (exact) mass is 963 g/mol. The van der Waals surface area contributed by atoms with Crippen molar-refractivity contribution in [3.8, 4) is 17.1 Å². The standard InChI is InChI=1S/C37H40BN3.C27H18BN3.C2H6/c1-35(2,3)23-16-19-25(20-17-23)40-29-21-18-24(36(4,5)6)22-27(29)38-26-12-10-13-28-33(26)41(34(39-28)37(7,8)9)31-15-11-14-30(40)32(31)38;1-15-13-23-25-24(14-15)31-22-12-4-3-7-17(22)18-8-5-9-19(26(18)31)28(25)20-10-6-11-21-27(20)30(23)16(2)29-21;1-2/h10-22H,1-9H3;3-14H,1-2H3;1-2H3. The highest BCUT2D eigenvalue weighted by molar-refractivity contribution is 7.01. The van der Waals surface area contributed by atoms with E-state index in [1.165, 1.54) is 116 Å². The second-order valence-corrected chi connectivity index (χ2v) is 24.0. The fourth-order valence-corrected chi connectivity index (χ4v) is 13.0. The smallest absolute Gasteiger partial charge is 0.252 e. The van der Waals surface area contributed by atoms with Gasteiger partial charge in [0, 0.05) is 55.8 Å². The average molecular weight is 963 g/mol. The summed E-state index contributed by atoms with van der Waals surface area (Å²) in [6.07, 6.45) is 0. The predicted molar refractivity (Wildman–Crippen MR) is 317 cm³/mol. The van der Waals surface area contributed by atoms with E-state index in [2.05, 4.69) is 246 Å². The van der Waals surface area contributed by atoms with Crippen molar-refractivity contribution in [3.63, 3.8) is 0 Å². The maximum absolute atomic E-state index is 5.25. The van der Waals surface area contributed by atoms with Gasteiger partial charge in [0.15, 0.2) is 0 Å². The van der Waals surface area contributed by atoms with Gasteiger partial charge in [-0.3, -0.25) is 9.13 Å². The van der Waals surface area contributed by atoms with E-state index in [4.69, 9.17) is 9.97 Å². The molecule has 8 aromatic carbocycles. The third kappa shape index (κ3) is 6.45. The topological polar surface area (TPSA) is 43.8 Å². The predicted octanol–water partition coefficient (Wildman–Crippen LogP) is 12.4. The fraction of sp³-hybridized carbons (Fsp3) is 0.242. The van der Waals surface area contributed by atoms with Gasteiger partial charge in [-0.1, -0.05) is 167 Å². The maximum Gasteiger partial charge on any atom is 0.252 e. The number of anilines is 3. The third-order valence-electron chi connectivity index (χ3n) is 16.2. The summed E-state index contributed by atoms with van der Waals surface area (Å²) in [7, 11) is 0. The van der Waals surface area contributed by atoms with E-state index < -0.39 is 0 Å². The molecule has 0 N–H and O–H groups in total. The molecule has 0 amide bonds. The molecular weight excluding hydrogens is 898 g/mol. The average Bonchev–Trinajstić information content (AvgIpc) is 4.10. The summed E-state index contributed by atoms with van der Waals surface area (Å²) in [4.78, 5) is 12.7. The van der Waals surface area contributed by atoms with Gasteiger partial charge in [-0.15, -0.1) is 0 Å². The van der Waals surface area contributed by atoms with Crippen LogP contribution in [0.3, 0.4) is 0 Å². The van der Waals surface area contributed by atoms with Crippen LogP contribution in [0.5, 0.6) is 0 Å². The van der Waals surface area contributed by atoms with Crippen molar-refractivity contribution < 1.29 is 0 Å². The van der Waals surface area contributed by atoms with E-state index in [0.717, 1.165) is 22.7 Å². The minimum atomic E-state index is -0.0969. The molecule has 6 nitrogen and oxygen atoms in total. The minimum absolute atomic E-state index is 0.0515. The molecule has 3 aromatic heterocycles. The molecule has 0 saturated heterocycles. The molecule has 15 rings (SSSR count). The summed E-state index contributed by atoms with van der Waals surface area (Å²) in [6.45, 7) is 29.3. The Morgan fingerprint density at radius 3 is 1.62 bits per heavy atom. The number of imidazole rings is 2. The molecule has 8 heteroatoms. The van der Waals surface area contributed by atoms with Gasteiger partial charge >= 0.3 is 0 Å². The lowest BCUT2D eigenvalue weighted by Gasteiger charge is -2.41. The Hall–Kier alpha value is -7.57. The number of para-hydroxylation sites is 4. The first-order valence-corrected chi connectivity index (χ1v) is 26.8. The summed E-state index contributed by atoms with van der Waals surface area (Å²) in [5.74, 6) is 2.16. The van der Waals surface area contributed by atoms with Crippen LogP contribution in [-0.2, 0) is 16.2 Å². The van der Waals surface area contributed by atoms with E-state index in [0.29, 0.717) is 0 Å². The molecular formula is C66H64B2N6. The molecule has 364 valence electrons. The van der Waals surface area contributed by atoms with E-state index in [9.17, 15) is 0 Å². The van der Waals surface area contributed by atoms with Gasteiger partial charge in [-0.25, -0.2) is 9.97 Å². The second kappa shape index (κ2) is 16.0. The van der Waals surface area contributed by atoms with Crippen LogP contribution in [0.2, 0.25) is 0 Å². The van der Waals surface area contributed by atoms with Gasteiger partial charge in [0.25, 0.3) is 13.4 Å². The van der Waals surface area contributed by atoms with Crippen molar-refractivity contribution in [3.05, 3.63) is 180 Å². The van der Waals surface area contributed by atoms with Gasteiger partial charge in [0.1, 0.15) is 11.6 Å². The first kappa shape index (κ1) is 46.2. The van der Waals surface area contributed by atoms with Crippen molar-refractivity contribution in [2.45, 2.75) is 106 Å². The molecule has 0 fully saturated rings. The molecule has 11 aromatic rings. The molecule has 4 aliphatic rings. The van der Waals surface area contributed by atoms with Crippen LogP contribution in [0.25, 0.3) is 60.9 Å². The molecule has 0 spiro atoms. The summed E-state index contributed by atoms with van der Waals surface area (Å²) in [6, 6.07) is 56.9. The highest BCUT2D eigenvalue weighted by atomic mass is 15.2. The van der Waals surface area contributed by atoms with Crippen LogP contribution >= 0.6 is 0 Å². The highest BCUT2D eigenvalue weighted by Crippen LogP contribution is 2.43. The van der Waals surface area contributed by atoms with Crippen molar-refractivity contribution in [1.29, 1.82) is 0 Å². The molecule has 0 saturated carbocycles. The van der Waals surface area contributed by atoms with Crippen molar-refractivity contribution in [2.75, 3.05) is 4.90 Å². The van der Waals surface area contributed by atoms with E-state index in [1.807, 2.05) is 13.8 Å². The zero-order chi connectivity index (χ0) is 51.5. The Balaban J connectivity index is 0.000000143. The van der Waals surface area contributed by atoms with E-state index >= 15 is 0 Å². The lowest BCUT2D eigenvalue weighted by molar-refractivity contribution is 0.539. The molecule has 0 unspecified atom stereocenters. The quantitative estimate of drug-likeness (QED) is 0.154. The van der Waals surface area contributed by atoms with Crippen molar-refractivity contribution >= 4 is 107 Å². The Morgan fingerprint density at radius 1 is 0.405 bits per heavy atom. The Morgan fingerprint density at radius 2 is 0.946 bits per heavy atom. The summed E-state index contributed by atoms with van der Waals surface area (Å²) in [5.41, 5.74) is 27.1. The molecule has 4 aliphatic heterocycles. The number of rotatable bonds is 1. The maximum atomic E-state index is 5.25. The Labute approximate surface area is 436 Å². The molecule has 0 aliphatic carbocycles. The number of benzene rings is 8. The number of hydrogen-bond donors (Lipinski definition) is 0. The number of nitrogens with zero attached hydrogens (tertiary/aromatic N) is 6. The highest BCUT2D eigenvalue weighted by Gasteiger charge is 2.44. The van der Waals surface area contributed by atoms with Gasteiger partial charge in [0.2, 0.25) is 0 Å². The van der Waals surface area contributed by atoms with Gasteiger partial charge in [-0.2, -0.15) is 0 Å². The van der Waals surface area contributed by atoms with Gasteiger partial charge < -0.3 is 9.47 Å². The summed E-state index contributed by atoms with van der Waals surface area (Å²) < 4.78 is 7.34. The van der Waals surface area contributed by atoms with Gasteiger partial charge in [0.05, 0.1) is 27.6 Å². The SMILES string of the molecule is CC.CC(C)(C)c1ccc(N2c3ccc(C(C)(C)C)cc3B3c4c2cccc4-n2c(C(C)(C)C)nc4cccc3c42)cc1.Cc1cc2c3c(c1)-n1c4ccccc4c4cccc(c41)B3c1cccc3nc(C)n-2c13. The van der Waals surface area contributed by atoms with Crippen LogP contribution in [0.1, 0.15) is 105 Å². The van der Waals surface area contributed by atoms with Crippen LogP contribution < -0.4 is 37.7 Å². The number of hydrogen-bond acceptors (Lipinski definition) is 3. The van der Waals surface area contributed by atoms with Crippen LogP contribution in [0.4, 0.5) is 17.1 Å². The first-order valence-electron chi connectivity index (χ1n) is 26.8. The molecule has 7 heterocycles. The summed E-state index contributed by atoms with van der Waals surface area (Å²) in [5, 5.41) is 2.66. The number of aryl methyl sites for hydroxylation is 2. The largest absolute Gasteiger partial charge is 0.311 e. The lowest BCUT2D eigenvalue weighted by Crippen LogP contribution is -2.60. The lowest BCUT2D eigenvalue weighted by atomic mass is 9.33. The Bertz CT molecular complexity index is 4150. The zero-order valence-electron chi connectivity index (χ0n) is 45.3. The molecule has 74 heavy (non-hydrogen) atoms. The first-order chi connectivity index (χ1) is 35.5. The van der Waals surface area contributed by atoms with E-state index in [1.54, 1.807) is 0 Å². The number of fused-ring (bicyclic) bond motifs is 11. The normalized spacial score (nSPS) is 13.7.